The summed E-state index contributed by atoms with van der Waals surface area (Å²) in [6, 6.07) is 20.4. The summed E-state index contributed by atoms with van der Waals surface area (Å²) < 4.78 is 1.16. The monoisotopic (exact) mass is 427 g/mol. The Bertz CT molecular complexity index is 687. The lowest BCUT2D eigenvalue weighted by Crippen LogP contribution is -2.52. The molecule has 2 saturated heterocycles. The molecule has 4 rings (SSSR count). The summed E-state index contributed by atoms with van der Waals surface area (Å²) in [6.45, 7) is 9.49. The zero-order valence-corrected chi connectivity index (χ0v) is 17.7. The second kappa shape index (κ2) is 9.33. The number of hydrogen-bond acceptors (Lipinski definition) is 3. The van der Waals surface area contributed by atoms with E-state index in [1.165, 1.54) is 63.2 Å². The van der Waals surface area contributed by atoms with Crippen LogP contribution in [0.5, 0.6) is 0 Å². The van der Waals surface area contributed by atoms with Crippen LogP contribution in [0.1, 0.15) is 24.0 Å². The molecule has 3 nitrogen and oxygen atoms in total. The number of piperidine rings is 1. The van der Waals surface area contributed by atoms with Crippen LogP contribution < -0.4 is 0 Å². The SMILES string of the molecule is Brc1ccc(CN2CCN(C3CCN(Cc4ccccc4)CC3)CC2)cc1. The van der Waals surface area contributed by atoms with Gasteiger partial charge in [-0.05, 0) is 49.2 Å². The highest BCUT2D eigenvalue weighted by Crippen LogP contribution is 2.21. The van der Waals surface area contributed by atoms with Crippen LogP contribution >= 0.6 is 15.9 Å². The predicted molar refractivity (Wildman–Crippen MR) is 116 cm³/mol. The second-order valence-electron chi connectivity index (χ2n) is 7.93. The minimum Gasteiger partial charge on any atom is -0.299 e. The molecule has 144 valence electrons. The third-order valence-corrected chi connectivity index (χ3v) is 6.58. The van der Waals surface area contributed by atoms with Gasteiger partial charge in [-0.25, -0.2) is 0 Å². The van der Waals surface area contributed by atoms with Crippen molar-refractivity contribution in [3.8, 4) is 0 Å². The second-order valence-corrected chi connectivity index (χ2v) is 8.85. The lowest BCUT2D eigenvalue weighted by Gasteiger charge is -2.42. The predicted octanol–water partition coefficient (Wildman–Crippen LogP) is 4.23. The summed E-state index contributed by atoms with van der Waals surface area (Å²) in [5, 5.41) is 0. The maximum absolute atomic E-state index is 3.52. The maximum atomic E-state index is 3.52. The molecule has 0 radical (unpaired) electrons. The molecule has 27 heavy (non-hydrogen) atoms. The van der Waals surface area contributed by atoms with Crippen molar-refractivity contribution in [2.45, 2.75) is 32.0 Å². The van der Waals surface area contributed by atoms with Gasteiger partial charge in [-0.2, -0.15) is 0 Å². The van der Waals surface area contributed by atoms with E-state index in [0.29, 0.717) is 0 Å². The average Bonchev–Trinajstić information content (AvgIpc) is 2.72. The number of benzene rings is 2. The van der Waals surface area contributed by atoms with Crippen molar-refractivity contribution in [2.75, 3.05) is 39.3 Å². The van der Waals surface area contributed by atoms with Crippen LogP contribution in [0.15, 0.2) is 59.1 Å². The van der Waals surface area contributed by atoms with Crippen molar-refractivity contribution in [3.05, 3.63) is 70.2 Å². The minimum absolute atomic E-state index is 0.784. The molecule has 0 spiro atoms. The van der Waals surface area contributed by atoms with Crippen LogP contribution in [0.4, 0.5) is 0 Å². The molecule has 2 aliphatic heterocycles. The third-order valence-electron chi connectivity index (χ3n) is 6.05. The van der Waals surface area contributed by atoms with Crippen molar-refractivity contribution in [1.82, 2.24) is 14.7 Å². The van der Waals surface area contributed by atoms with Crippen LogP contribution in [0.2, 0.25) is 0 Å². The highest BCUT2D eigenvalue weighted by Gasteiger charge is 2.27. The highest BCUT2D eigenvalue weighted by atomic mass is 79.9. The van der Waals surface area contributed by atoms with E-state index in [-0.39, 0.29) is 0 Å². The fourth-order valence-corrected chi connectivity index (χ4v) is 4.68. The Morgan fingerprint density at radius 1 is 0.667 bits per heavy atom. The van der Waals surface area contributed by atoms with Gasteiger partial charge in [0.2, 0.25) is 0 Å². The van der Waals surface area contributed by atoms with Crippen LogP contribution in [0, 0.1) is 0 Å². The van der Waals surface area contributed by atoms with E-state index in [2.05, 4.69) is 85.2 Å². The number of rotatable bonds is 5. The molecule has 0 N–H and O–H groups in total. The average molecular weight is 428 g/mol. The summed E-state index contributed by atoms with van der Waals surface area (Å²) in [7, 11) is 0. The zero-order chi connectivity index (χ0) is 18.5. The zero-order valence-electron chi connectivity index (χ0n) is 16.1. The molecule has 0 amide bonds. The molecule has 0 atom stereocenters. The lowest BCUT2D eigenvalue weighted by atomic mass is 10.0. The standard InChI is InChI=1S/C23H30BrN3/c24-22-8-6-21(7-9-22)19-26-14-16-27(17-15-26)23-10-12-25(13-11-23)18-20-4-2-1-3-5-20/h1-9,23H,10-19H2. The summed E-state index contributed by atoms with van der Waals surface area (Å²) in [5.74, 6) is 0. The van der Waals surface area contributed by atoms with E-state index in [1.54, 1.807) is 0 Å². The topological polar surface area (TPSA) is 9.72 Å². The summed E-state index contributed by atoms with van der Waals surface area (Å²) in [6.07, 6.45) is 2.64. The van der Waals surface area contributed by atoms with Crippen LogP contribution in [0.25, 0.3) is 0 Å². The quantitative estimate of drug-likeness (QED) is 0.706. The number of likely N-dealkylation sites (tertiary alicyclic amines) is 1. The largest absolute Gasteiger partial charge is 0.299 e. The fourth-order valence-electron chi connectivity index (χ4n) is 4.42. The highest BCUT2D eigenvalue weighted by molar-refractivity contribution is 9.10. The minimum atomic E-state index is 0.784. The first-order valence-corrected chi connectivity index (χ1v) is 11.0. The Kier molecular flexibility index (Phi) is 6.61. The number of halogens is 1. The molecule has 0 unspecified atom stereocenters. The van der Waals surface area contributed by atoms with E-state index in [0.717, 1.165) is 23.6 Å². The van der Waals surface area contributed by atoms with Gasteiger partial charge in [-0.3, -0.25) is 14.7 Å². The molecule has 4 heteroatoms. The molecular formula is C23H30BrN3. The molecule has 2 fully saturated rings. The van der Waals surface area contributed by atoms with Gasteiger partial charge >= 0.3 is 0 Å². The Morgan fingerprint density at radius 2 is 1.22 bits per heavy atom. The Balaban J connectivity index is 1.20. The van der Waals surface area contributed by atoms with E-state index < -0.39 is 0 Å². The molecular weight excluding hydrogens is 398 g/mol. The molecule has 2 aliphatic rings. The summed E-state index contributed by atoms with van der Waals surface area (Å²) in [4.78, 5) is 7.97. The van der Waals surface area contributed by atoms with Gasteiger partial charge < -0.3 is 0 Å². The van der Waals surface area contributed by atoms with Crippen molar-refractivity contribution in [3.63, 3.8) is 0 Å². The van der Waals surface area contributed by atoms with Gasteiger partial charge in [0.15, 0.2) is 0 Å². The number of nitrogens with zero attached hydrogens (tertiary/aromatic N) is 3. The Labute approximate surface area is 172 Å². The van der Waals surface area contributed by atoms with Gasteiger partial charge in [0.05, 0.1) is 0 Å². The fraction of sp³-hybridized carbons (Fsp3) is 0.478. The van der Waals surface area contributed by atoms with E-state index in [9.17, 15) is 0 Å². The molecule has 2 aromatic rings. The smallest absolute Gasteiger partial charge is 0.0234 e. The van der Waals surface area contributed by atoms with Gasteiger partial charge in [-0.15, -0.1) is 0 Å². The normalized spacial score (nSPS) is 20.8. The van der Waals surface area contributed by atoms with Crippen LogP contribution in [-0.4, -0.2) is 60.0 Å². The van der Waals surface area contributed by atoms with Crippen molar-refractivity contribution in [1.29, 1.82) is 0 Å². The maximum Gasteiger partial charge on any atom is 0.0234 e. The summed E-state index contributed by atoms with van der Waals surface area (Å²) in [5.41, 5.74) is 2.86. The number of hydrogen-bond donors (Lipinski definition) is 0. The van der Waals surface area contributed by atoms with Crippen molar-refractivity contribution < 1.29 is 0 Å². The summed E-state index contributed by atoms with van der Waals surface area (Å²) >= 11 is 3.52. The van der Waals surface area contributed by atoms with Gasteiger partial charge in [0.25, 0.3) is 0 Å². The molecule has 0 saturated carbocycles. The van der Waals surface area contributed by atoms with Gasteiger partial charge in [0, 0.05) is 49.8 Å². The third kappa shape index (κ3) is 5.41. The molecule has 0 aromatic heterocycles. The lowest BCUT2D eigenvalue weighted by molar-refractivity contribution is 0.0550. The van der Waals surface area contributed by atoms with E-state index >= 15 is 0 Å². The first-order chi connectivity index (χ1) is 13.3. The van der Waals surface area contributed by atoms with E-state index in [4.69, 9.17) is 0 Å². The van der Waals surface area contributed by atoms with E-state index in [1.807, 2.05) is 0 Å². The Hall–Kier alpha value is -1.20. The van der Waals surface area contributed by atoms with Gasteiger partial charge in [-0.1, -0.05) is 58.4 Å². The molecule has 2 aromatic carbocycles. The van der Waals surface area contributed by atoms with Crippen LogP contribution in [-0.2, 0) is 13.1 Å². The number of piperazine rings is 1. The molecule has 2 heterocycles. The first-order valence-electron chi connectivity index (χ1n) is 10.2. The van der Waals surface area contributed by atoms with Crippen molar-refractivity contribution in [2.24, 2.45) is 0 Å². The van der Waals surface area contributed by atoms with Gasteiger partial charge in [0.1, 0.15) is 0 Å². The van der Waals surface area contributed by atoms with Crippen LogP contribution in [0.3, 0.4) is 0 Å². The molecule has 0 aliphatic carbocycles. The Morgan fingerprint density at radius 3 is 1.85 bits per heavy atom. The first kappa shape index (κ1) is 19.1. The van der Waals surface area contributed by atoms with Crippen molar-refractivity contribution >= 4 is 15.9 Å². The molecule has 0 bridgehead atoms.